The zero-order valence-corrected chi connectivity index (χ0v) is 11.5. The van der Waals surface area contributed by atoms with Crippen molar-refractivity contribution in [2.45, 2.75) is 12.2 Å². The summed E-state index contributed by atoms with van der Waals surface area (Å²) in [4.78, 5) is 0. The lowest BCUT2D eigenvalue weighted by molar-refractivity contribution is -0.149. The van der Waals surface area contributed by atoms with E-state index in [0.717, 1.165) is 0 Å². The smallest absolute Gasteiger partial charge is 0.407 e. The molecule has 0 aromatic heterocycles. The molecule has 3 N–H and O–H groups in total. The average molecular weight is 385 g/mol. The number of hydrogen-bond acceptors (Lipinski definition) is 2. The summed E-state index contributed by atoms with van der Waals surface area (Å²) < 4.78 is 37.3. The third-order valence-electron chi connectivity index (χ3n) is 1.78. The van der Waals surface area contributed by atoms with Gasteiger partial charge in [0.25, 0.3) is 0 Å². The van der Waals surface area contributed by atoms with E-state index in [2.05, 4.69) is 31.9 Å². The number of phenolic OH excluding ortho intramolecular Hbond substituents is 1. The molecule has 1 aromatic rings. The van der Waals surface area contributed by atoms with Crippen molar-refractivity contribution in [2.24, 2.45) is 5.73 Å². The van der Waals surface area contributed by atoms with Gasteiger partial charge in [0.15, 0.2) is 0 Å². The maximum absolute atomic E-state index is 12.4. The molecule has 1 rings (SSSR count). The van der Waals surface area contributed by atoms with Crippen LogP contribution in [-0.2, 0) is 0 Å². The highest BCUT2D eigenvalue weighted by Gasteiger charge is 2.40. The molecule has 8 heteroatoms. The molecule has 0 aliphatic rings. The van der Waals surface area contributed by atoms with Crippen LogP contribution >= 0.6 is 44.3 Å². The summed E-state index contributed by atoms with van der Waals surface area (Å²) in [6.45, 7) is 0. The van der Waals surface area contributed by atoms with E-state index in [1.54, 1.807) is 0 Å². The van der Waals surface area contributed by atoms with Gasteiger partial charge in [-0.25, -0.2) is 0 Å². The van der Waals surface area contributed by atoms with Gasteiger partial charge in [-0.15, -0.1) is 12.4 Å². The minimum Gasteiger partial charge on any atom is -0.506 e. The Bertz CT molecular complexity index is 386. The second kappa shape index (κ2) is 5.57. The lowest BCUT2D eigenvalue weighted by Gasteiger charge is -2.19. The summed E-state index contributed by atoms with van der Waals surface area (Å²) >= 11 is 5.84. The Kier molecular flexibility index (Phi) is 5.58. The molecule has 0 heterocycles. The van der Waals surface area contributed by atoms with Crippen LogP contribution in [0.2, 0.25) is 0 Å². The van der Waals surface area contributed by atoms with Crippen LogP contribution in [-0.4, -0.2) is 11.3 Å². The molecular weight excluding hydrogens is 378 g/mol. The standard InChI is InChI=1S/C8H6Br2F3NO.ClH/c9-3-1-2-4(10)6(15)5(3)7(14)8(11,12)13;/h1-2,7,15H,14H2;1H/t7-;/m0./s1. The van der Waals surface area contributed by atoms with E-state index >= 15 is 0 Å². The third kappa shape index (κ3) is 3.26. The molecule has 0 saturated heterocycles. The summed E-state index contributed by atoms with van der Waals surface area (Å²) in [6, 6.07) is 0.584. The number of hydrogen-bond donors (Lipinski definition) is 2. The van der Waals surface area contributed by atoms with E-state index in [1.807, 2.05) is 0 Å². The molecule has 2 nitrogen and oxygen atoms in total. The normalized spacial score (nSPS) is 13.1. The molecule has 0 unspecified atom stereocenters. The van der Waals surface area contributed by atoms with Crippen LogP contribution in [0.4, 0.5) is 13.2 Å². The van der Waals surface area contributed by atoms with Gasteiger partial charge in [-0.3, -0.25) is 0 Å². The highest BCUT2D eigenvalue weighted by atomic mass is 79.9. The molecule has 16 heavy (non-hydrogen) atoms. The van der Waals surface area contributed by atoms with Crippen molar-refractivity contribution in [2.75, 3.05) is 0 Å². The van der Waals surface area contributed by atoms with Crippen LogP contribution in [0.15, 0.2) is 21.1 Å². The number of nitrogens with two attached hydrogens (primary N) is 1. The molecule has 0 amide bonds. The zero-order valence-electron chi connectivity index (χ0n) is 7.55. The minimum absolute atomic E-state index is 0. The van der Waals surface area contributed by atoms with Gasteiger partial charge < -0.3 is 10.8 Å². The highest BCUT2D eigenvalue weighted by Crippen LogP contribution is 2.42. The number of alkyl halides is 3. The minimum atomic E-state index is -4.60. The molecule has 1 atom stereocenters. The Morgan fingerprint density at radius 1 is 1.19 bits per heavy atom. The molecule has 0 saturated carbocycles. The van der Waals surface area contributed by atoms with Gasteiger partial charge in [0.1, 0.15) is 11.8 Å². The molecule has 0 fully saturated rings. The second-order valence-electron chi connectivity index (χ2n) is 2.81. The molecule has 0 bridgehead atoms. The number of rotatable bonds is 1. The summed E-state index contributed by atoms with van der Waals surface area (Å²) in [5.74, 6) is -0.505. The van der Waals surface area contributed by atoms with Gasteiger partial charge in [0, 0.05) is 10.0 Å². The fourth-order valence-electron chi connectivity index (χ4n) is 1.02. The number of aromatic hydroxyl groups is 1. The van der Waals surface area contributed by atoms with Gasteiger partial charge in [-0.1, -0.05) is 15.9 Å². The Balaban J connectivity index is 0.00000225. The maximum atomic E-state index is 12.4. The molecule has 0 aliphatic heterocycles. The quantitative estimate of drug-likeness (QED) is 0.770. The van der Waals surface area contributed by atoms with Gasteiger partial charge in [-0.05, 0) is 28.1 Å². The van der Waals surface area contributed by atoms with Crippen LogP contribution in [0, 0.1) is 0 Å². The molecule has 1 aromatic carbocycles. The molecule has 0 spiro atoms. The van der Waals surface area contributed by atoms with Crippen LogP contribution in [0.1, 0.15) is 11.6 Å². The lowest BCUT2D eigenvalue weighted by Crippen LogP contribution is -2.28. The highest BCUT2D eigenvalue weighted by molar-refractivity contribution is 9.11. The zero-order chi connectivity index (χ0) is 11.8. The number of halogens is 6. The van der Waals surface area contributed by atoms with E-state index in [0.29, 0.717) is 0 Å². The summed E-state index contributed by atoms with van der Waals surface area (Å²) in [5, 5.41) is 9.46. The Hall–Kier alpha value is 0.0200. The largest absolute Gasteiger partial charge is 0.506 e. The van der Waals surface area contributed by atoms with Crippen molar-refractivity contribution < 1.29 is 18.3 Å². The van der Waals surface area contributed by atoms with Gasteiger partial charge in [0.05, 0.1) is 4.47 Å². The number of phenols is 1. The molecule has 0 aliphatic carbocycles. The SMILES string of the molecule is Cl.N[C@@H](c1c(Br)ccc(Br)c1O)C(F)(F)F. The summed E-state index contributed by atoms with van der Waals surface area (Å²) in [7, 11) is 0. The lowest BCUT2D eigenvalue weighted by atomic mass is 10.1. The van der Waals surface area contributed by atoms with Gasteiger partial charge in [-0.2, -0.15) is 13.2 Å². The van der Waals surface area contributed by atoms with E-state index < -0.39 is 18.0 Å². The third-order valence-corrected chi connectivity index (χ3v) is 3.11. The van der Waals surface area contributed by atoms with Crippen molar-refractivity contribution in [3.8, 4) is 5.75 Å². The molecular formula is C8H7Br2ClF3NO. The predicted molar refractivity (Wildman–Crippen MR) is 63.7 cm³/mol. The Morgan fingerprint density at radius 2 is 1.62 bits per heavy atom. The topological polar surface area (TPSA) is 46.2 Å². The van der Waals surface area contributed by atoms with Crippen molar-refractivity contribution in [3.63, 3.8) is 0 Å². The summed E-state index contributed by atoms with van der Waals surface area (Å²) in [5.41, 5.74) is 4.63. The van der Waals surface area contributed by atoms with Crippen LogP contribution < -0.4 is 5.73 Å². The maximum Gasteiger partial charge on any atom is 0.407 e. The van der Waals surface area contributed by atoms with E-state index in [4.69, 9.17) is 5.73 Å². The van der Waals surface area contributed by atoms with Crippen LogP contribution in [0.5, 0.6) is 5.75 Å². The fourth-order valence-corrected chi connectivity index (χ4v) is 1.93. The first-order chi connectivity index (χ1) is 6.75. The predicted octanol–water partition coefficient (Wildman–Crippen LogP) is 3.90. The van der Waals surface area contributed by atoms with Crippen molar-refractivity contribution >= 4 is 44.3 Å². The molecule has 92 valence electrons. The summed E-state index contributed by atoms with van der Waals surface area (Å²) in [6.07, 6.45) is -4.60. The first kappa shape index (κ1) is 16.0. The average Bonchev–Trinajstić information content (AvgIpc) is 2.10. The van der Waals surface area contributed by atoms with Crippen molar-refractivity contribution in [1.82, 2.24) is 0 Å². The van der Waals surface area contributed by atoms with Crippen LogP contribution in [0.25, 0.3) is 0 Å². The van der Waals surface area contributed by atoms with Gasteiger partial charge >= 0.3 is 6.18 Å². The van der Waals surface area contributed by atoms with Crippen molar-refractivity contribution in [1.29, 1.82) is 0 Å². The Morgan fingerprint density at radius 3 is 2.06 bits per heavy atom. The van der Waals surface area contributed by atoms with E-state index in [1.165, 1.54) is 12.1 Å². The number of benzene rings is 1. The first-order valence-corrected chi connectivity index (χ1v) is 5.33. The Labute approximate surface area is 113 Å². The van der Waals surface area contributed by atoms with Gasteiger partial charge in [0.2, 0.25) is 0 Å². The fraction of sp³-hybridized carbons (Fsp3) is 0.250. The van der Waals surface area contributed by atoms with E-state index in [-0.39, 0.29) is 26.9 Å². The monoisotopic (exact) mass is 383 g/mol. The van der Waals surface area contributed by atoms with Crippen LogP contribution in [0.3, 0.4) is 0 Å². The van der Waals surface area contributed by atoms with E-state index in [9.17, 15) is 18.3 Å². The molecule has 0 radical (unpaired) electrons. The van der Waals surface area contributed by atoms with Crippen molar-refractivity contribution in [3.05, 3.63) is 26.6 Å². The first-order valence-electron chi connectivity index (χ1n) is 3.74. The second-order valence-corrected chi connectivity index (χ2v) is 4.52.